The number of nitrogens with zero attached hydrogens (tertiary/aromatic N) is 2. The molecule has 0 radical (unpaired) electrons. The van der Waals surface area contributed by atoms with Gasteiger partial charge in [0.15, 0.2) is 6.10 Å². The molecule has 0 fully saturated rings. The highest BCUT2D eigenvalue weighted by Crippen LogP contribution is 2.27. The van der Waals surface area contributed by atoms with Crippen LogP contribution in [0.1, 0.15) is 29.3 Å². The van der Waals surface area contributed by atoms with Crippen LogP contribution in [0.15, 0.2) is 40.1 Å². The maximum Gasteiger partial charge on any atom is 0.343 e. The highest BCUT2D eigenvalue weighted by atomic mass is 35.5. The number of rotatable bonds is 4. The number of thiophene rings is 1. The molecule has 5 nitrogen and oxygen atoms in total. The van der Waals surface area contributed by atoms with Gasteiger partial charge in [-0.3, -0.25) is 0 Å². The van der Waals surface area contributed by atoms with Crippen LogP contribution in [-0.4, -0.2) is 16.2 Å². The lowest BCUT2D eigenvalue weighted by Crippen LogP contribution is -2.12. The fourth-order valence-electron chi connectivity index (χ4n) is 1.86. The van der Waals surface area contributed by atoms with E-state index in [0.29, 0.717) is 5.89 Å². The van der Waals surface area contributed by atoms with Gasteiger partial charge >= 0.3 is 5.97 Å². The Bertz CT molecular complexity index is 815. The van der Waals surface area contributed by atoms with E-state index >= 15 is 0 Å². The Morgan fingerprint density at radius 1 is 1.35 bits per heavy atom. The van der Waals surface area contributed by atoms with Gasteiger partial charge < -0.3 is 9.15 Å². The second-order valence-electron chi connectivity index (χ2n) is 4.57. The van der Waals surface area contributed by atoms with Crippen LogP contribution in [0.5, 0.6) is 0 Å². The van der Waals surface area contributed by atoms with Gasteiger partial charge in [0.25, 0.3) is 11.8 Å². The van der Waals surface area contributed by atoms with Gasteiger partial charge in [-0.25, -0.2) is 9.18 Å². The van der Waals surface area contributed by atoms with E-state index < -0.39 is 17.9 Å². The van der Waals surface area contributed by atoms with Crippen molar-refractivity contribution in [2.24, 2.45) is 0 Å². The number of halogens is 2. The van der Waals surface area contributed by atoms with Crippen molar-refractivity contribution in [1.29, 1.82) is 0 Å². The Kier molecular flexibility index (Phi) is 4.40. The predicted molar refractivity (Wildman–Crippen MR) is 82.9 cm³/mol. The maximum absolute atomic E-state index is 13.7. The minimum absolute atomic E-state index is 0.0213. The summed E-state index contributed by atoms with van der Waals surface area (Å²) in [7, 11) is 0. The van der Waals surface area contributed by atoms with E-state index in [2.05, 4.69) is 10.2 Å². The minimum Gasteiger partial charge on any atom is -0.449 e. The zero-order chi connectivity index (χ0) is 16.4. The van der Waals surface area contributed by atoms with Crippen LogP contribution >= 0.6 is 22.9 Å². The third-order valence-electron chi connectivity index (χ3n) is 2.97. The van der Waals surface area contributed by atoms with Crippen LogP contribution in [0.4, 0.5) is 4.39 Å². The Morgan fingerprint density at radius 2 is 2.17 bits per heavy atom. The molecule has 0 N–H and O–H groups in total. The van der Waals surface area contributed by atoms with Gasteiger partial charge in [0, 0.05) is 0 Å². The van der Waals surface area contributed by atoms with Crippen LogP contribution in [0.3, 0.4) is 0 Å². The summed E-state index contributed by atoms with van der Waals surface area (Å²) in [5.74, 6) is -1.19. The molecule has 8 heteroatoms. The number of aromatic nitrogens is 2. The standard InChI is InChI=1S/C15H10ClFN2O3S/c1-8(13-18-19-14(22-13)11-6-3-7-23-11)21-15(20)12-9(16)4-2-5-10(12)17/h2-8H,1H3/t8-/m1/s1. The van der Waals surface area contributed by atoms with Crippen LogP contribution in [0, 0.1) is 5.82 Å². The van der Waals surface area contributed by atoms with E-state index in [1.165, 1.54) is 23.5 Å². The zero-order valence-corrected chi connectivity index (χ0v) is 13.4. The van der Waals surface area contributed by atoms with E-state index in [1.54, 1.807) is 6.92 Å². The largest absolute Gasteiger partial charge is 0.449 e. The van der Waals surface area contributed by atoms with Crippen molar-refractivity contribution in [3.63, 3.8) is 0 Å². The predicted octanol–water partition coefficient (Wildman–Crippen LogP) is 4.51. The SMILES string of the molecule is C[C@@H](OC(=O)c1c(F)cccc1Cl)c1nnc(-c2cccs2)o1. The number of carbonyl (C=O) groups excluding carboxylic acids is 1. The third-order valence-corrected chi connectivity index (χ3v) is 4.14. The highest BCUT2D eigenvalue weighted by Gasteiger charge is 2.23. The average Bonchev–Trinajstić information content (AvgIpc) is 3.18. The van der Waals surface area contributed by atoms with E-state index in [9.17, 15) is 9.18 Å². The molecular formula is C15H10ClFN2O3S. The molecule has 1 atom stereocenters. The zero-order valence-electron chi connectivity index (χ0n) is 11.8. The first-order valence-electron chi connectivity index (χ1n) is 6.58. The van der Waals surface area contributed by atoms with Crippen molar-refractivity contribution in [3.05, 3.63) is 58.0 Å². The number of hydrogen-bond donors (Lipinski definition) is 0. The minimum atomic E-state index is -0.892. The van der Waals surface area contributed by atoms with Crippen molar-refractivity contribution >= 4 is 28.9 Å². The molecule has 0 aliphatic rings. The normalized spacial score (nSPS) is 12.1. The molecule has 2 aromatic heterocycles. The molecule has 3 aromatic rings. The number of carbonyl (C=O) groups is 1. The second kappa shape index (κ2) is 6.47. The summed E-state index contributed by atoms with van der Waals surface area (Å²) >= 11 is 7.28. The quantitative estimate of drug-likeness (QED) is 0.646. The molecule has 0 aliphatic carbocycles. The van der Waals surface area contributed by atoms with Gasteiger partial charge in [0.05, 0.1) is 9.90 Å². The van der Waals surface area contributed by atoms with Gasteiger partial charge in [-0.15, -0.1) is 21.5 Å². The molecule has 0 saturated heterocycles. The molecule has 23 heavy (non-hydrogen) atoms. The lowest BCUT2D eigenvalue weighted by Gasteiger charge is -2.10. The van der Waals surface area contributed by atoms with E-state index in [1.807, 2.05) is 17.5 Å². The van der Waals surface area contributed by atoms with Crippen LogP contribution in [-0.2, 0) is 4.74 Å². The summed E-state index contributed by atoms with van der Waals surface area (Å²) in [6.07, 6.45) is -0.834. The van der Waals surface area contributed by atoms with Crippen molar-refractivity contribution in [1.82, 2.24) is 10.2 Å². The van der Waals surface area contributed by atoms with Crippen molar-refractivity contribution in [3.8, 4) is 10.8 Å². The number of ether oxygens (including phenoxy) is 1. The van der Waals surface area contributed by atoms with Gasteiger partial charge in [-0.2, -0.15) is 0 Å². The number of benzene rings is 1. The summed E-state index contributed by atoms with van der Waals surface area (Å²) in [5.41, 5.74) is -0.320. The van der Waals surface area contributed by atoms with Crippen LogP contribution in [0.2, 0.25) is 5.02 Å². The topological polar surface area (TPSA) is 65.2 Å². The molecule has 2 heterocycles. The fraction of sp³-hybridized carbons (Fsp3) is 0.133. The van der Waals surface area contributed by atoms with Crippen molar-refractivity contribution in [2.45, 2.75) is 13.0 Å². The summed E-state index contributed by atoms with van der Waals surface area (Å²) in [6, 6.07) is 7.64. The number of hydrogen-bond acceptors (Lipinski definition) is 6. The molecule has 0 bridgehead atoms. The summed E-state index contributed by atoms with van der Waals surface area (Å²) in [4.78, 5) is 12.9. The Morgan fingerprint density at radius 3 is 2.87 bits per heavy atom. The Hall–Kier alpha value is -2.25. The molecule has 0 amide bonds. The first-order chi connectivity index (χ1) is 11.1. The first kappa shape index (κ1) is 15.6. The molecule has 1 aromatic carbocycles. The maximum atomic E-state index is 13.7. The van der Waals surface area contributed by atoms with Gasteiger partial charge in [0.2, 0.25) is 0 Å². The Balaban J connectivity index is 1.77. The lowest BCUT2D eigenvalue weighted by molar-refractivity contribution is 0.0275. The summed E-state index contributed by atoms with van der Waals surface area (Å²) < 4.78 is 24.3. The first-order valence-corrected chi connectivity index (χ1v) is 7.84. The van der Waals surface area contributed by atoms with Crippen molar-refractivity contribution in [2.75, 3.05) is 0 Å². The smallest absolute Gasteiger partial charge is 0.343 e. The average molecular weight is 353 g/mol. The molecule has 0 unspecified atom stereocenters. The van der Waals surface area contributed by atoms with E-state index in [0.717, 1.165) is 10.9 Å². The van der Waals surface area contributed by atoms with Gasteiger partial charge in [0.1, 0.15) is 11.4 Å². The molecular weight excluding hydrogens is 343 g/mol. The van der Waals surface area contributed by atoms with Gasteiger partial charge in [-0.05, 0) is 30.5 Å². The monoisotopic (exact) mass is 352 g/mol. The van der Waals surface area contributed by atoms with E-state index in [4.69, 9.17) is 20.8 Å². The van der Waals surface area contributed by atoms with Crippen LogP contribution < -0.4 is 0 Å². The summed E-state index contributed by atoms with van der Waals surface area (Å²) in [5, 5.41) is 9.60. The lowest BCUT2D eigenvalue weighted by atomic mass is 10.2. The van der Waals surface area contributed by atoms with Crippen LogP contribution in [0.25, 0.3) is 10.8 Å². The second-order valence-corrected chi connectivity index (χ2v) is 5.92. The molecule has 3 rings (SSSR count). The number of esters is 1. The fourth-order valence-corrected chi connectivity index (χ4v) is 2.75. The third kappa shape index (κ3) is 3.25. The molecule has 0 aliphatic heterocycles. The van der Waals surface area contributed by atoms with Crippen molar-refractivity contribution < 1.29 is 18.3 Å². The molecule has 0 spiro atoms. The molecule has 0 saturated carbocycles. The van der Waals surface area contributed by atoms with Gasteiger partial charge in [-0.1, -0.05) is 23.7 Å². The highest BCUT2D eigenvalue weighted by molar-refractivity contribution is 7.13. The summed E-state index contributed by atoms with van der Waals surface area (Å²) in [6.45, 7) is 1.55. The Labute approximate surface area is 139 Å². The molecule has 118 valence electrons. The van der Waals surface area contributed by atoms with E-state index in [-0.39, 0.29) is 16.5 Å².